The molecule has 1 aromatic rings. The van der Waals surface area contributed by atoms with Crippen LogP contribution in [0.2, 0.25) is 0 Å². The number of rotatable bonds is 4. The predicted octanol–water partition coefficient (Wildman–Crippen LogP) is 3.28. The van der Waals surface area contributed by atoms with Crippen LogP contribution in [-0.4, -0.2) is 13.7 Å². The second kappa shape index (κ2) is 6.36. The maximum atomic E-state index is 5.24. The first kappa shape index (κ1) is 11.9. The van der Waals surface area contributed by atoms with E-state index in [0.29, 0.717) is 0 Å². The Morgan fingerprint density at radius 2 is 2.27 bits per heavy atom. The van der Waals surface area contributed by atoms with Crippen molar-refractivity contribution in [1.29, 1.82) is 0 Å². The topological polar surface area (TPSA) is 21.3 Å². The summed E-state index contributed by atoms with van der Waals surface area (Å²) in [6.45, 7) is 2.67. The van der Waals surface area contributed by atoms with E-state index in [1.54, 1.807) is 7.11 Å². The van der Waals surface area contributed by atoms with E-state index in [1.807, 2.05) is 25.1 Å². The minimum Gasteiger partial charge on any atom is -0.495 e. The third-order valence-corrected chi connectivity index (χ3v) is 2.40. The fraction of sp³-hybridized carbons (Fsp3) is 0.333. The Morgan fingerprint density at radius 3 is 2.93 bits per heavy atom. The second-order valence-corrected chi connectivity index (χ2v) is 3.86. The molecule has 1 aromatic carbocycles. The van der Waals surface area contributed by atoms with Crippen molar-refractivity contribution in [2.75, 3.05) is 19.0 Å². The van der Waals surface area contributed by atoms with Crippen LogP contribution < -0.4 is 10.1 Å². The fourth-order valence-corrected chi connectivity index (χ4v) is 1.56. The zero-order chi connectivity index (χ0) is 11.1. The maximum absolute atomic E-state index is 5.24. The molecule has 0 amide bonds. The van der Waals surface area contributed by atoms with Gasteiger partial charge < -0.3 is 10.1 Å². The van der Waals surface area contributed by atoms with E-state index in [-0.39, 0.29) is 0 Å². The molecule has 0 fully saturated rings. The van der Waals surface area contributed by atoms with Gasteiger partial charge in [0.05, 0.1) is 12.8 Å². The Bertz CT molecular complexity index is 379. The first-order chi connectivity index (χ1) is 7.27. The predicted molar refractivity (Wildman–Crippen MR) is 67.3 cm³/mol. The molecule has 0 spiro atoms. The van der Waals surface area contributed by atoms with Gasteiger partial charge in [0.25, 0.3) is 0 Å². The van der Waals surface area contributed by atoms with E-state index in [1.165, 1.54) is 0 Å². The van der Waals surface area contributed by atoms with Gasteiger partial charge in [-0.15, -0.1) is 11.8 Å². The summed E-state index contributed by atoms with van der Waals surface area (Å²) in [4.78, 5) is 0. The summed E-state index contributed by atoms with van der Waals surface area (Å²) in [7, 11) is 1.67. The largest absolute Gasteiger partial charge is 0.495 e. The van der Waals surface area contributed by atoms with E-state index in [4.69, 9.17) is 4.74 Å². The molecule has 1 rings (SSSR count). The van der Waals surface area contributed by atoms with Gasteiger partial charge >= 0.3 is 0 Å². The molecule has 0 heterocycles. The smallest absolute Gasteiger partial charge is 0.142 e. The van der Waals surface area contributed by atoms with Crippen molar-refractivity contribution in [2.24, 2.45) is 0 Å². The van der Waals surface area contributed by atoms with Crippen LogP contribution in [-0.2, 0) is 0 Å². The molecule has 0 bridgehead atoms. The number of ether oxygens (including phenoxy) is 1. The zero-order valence-electron chi connectivity index (χ0n) is 8.93. The molecule has 0 unspecified atom stereocenters. The quantitative estimate of drug-likeness (QED) is 0.668. The summed E-state index contributed by atoms with van der Waals surface area (Å²) in [5.74, 6) is 6.72. The number of methoxy groups -OCH3 is 1. The van der Waals surface area contributed by atoms with Gasteiger partial charge in [-0.1, -0.05) is 15.9 Å². The number of halogens is 1. The van der Waals surface area contributed by atoms with Gasteiger partial charge in [-0.05, 0) is 25.1 Å². The third-order valence-electron chi connectivity index (χ3n) is 1.90. The van der Waals surface area contributed by atoms with Crippen LogP contribution in [0, 0.1) is 11.8 Å². The van der Waals surface area contributed by atoms with Gasteiger partial charge in [0.15, 0.2) is 0 Å². The van der Waals surface area contributed by atoms with Crippen LogP contribution in [0.25, 0.3) is 0 Å². The molecule has 80 valence electrons. The van der Waals surface area contributed by atoms with Crippen molar-refractivity contribution in [3.8, 4) is 17.6 Å². The molecule has 2 nitrogen and oxygen atoms in total. The molecular formula is C12H14BrNO. The van der Waals surface area contributed by atoms with Crippen molar-refractivity contribution >= 4 is 21.6 Å². The van der Waals surface area contributed by atoms with Crippen molar-refractivity contribution < 1.29 is 4.74 Å². The van der Waals surface area contributed by atoms with E-state index < -0.39 is 0 Å². The molecular weight excluding hydrogens is 254 g/mol. The molecule has 15 heavy (non-hydrogen) atoms. The van der Waals surface area contributed by atoms with Gasteiger partial charge in [0.1, 0.15) is 5.75 Å². The Labute approximate surface area is 99.2 Å². The SMILES string of the molecule is CC#CCCNc1cc(Br)ccc1OC. The van der Waals surface area contributed by atoms with Crippen LogP contribution in [0.3, 0.4) is 0 Å². The lowest BCUT2D eigenvalue weighted by molar-refractivity contribution is 0.416. The highest BCUT2D eigenvalue weighted by Crippen LogP contribution is 2.27. The monoisotopic (exact) mass is 267 g/mol. The van der Waals surface area contributed by atoms with Gasteiger partial charge in [0, 0.05) is 17.4 Å². The molecule has 0 radical (unpaired) electrons. The normalized spacial score (nSPS) is 9.00. The van der Waals surface area contributed by atoms with Crippen LogP contribution >= 0.6 is 15.9 Å². The van der Waals surface area contributed by atoms with E-state index in [2.05, 4.69) is 33.1 Å². The summed E-state index contributed by atoms with van der Waals surface area (Å²) in [5.41, 5.74) is 0.991. The van der Waals surface area contributed by atoms with Gasteiger partial charge in [-0.2, -0.15) is 0 Å². The Morgan fingerprint density at radius 1 is 1.47 bits per heavy atom. The zero-order valence-corrected chi connectivity index (χ0v) is 10.5. The Kier molecular flexibility index (Phi) is 5.06. The summed E-state index contributed by atoms with van der Waals surface area (Å²) in [6.07, 6.45) is 0.839. The van der Waals surface area contributed by atoms with Crippen LogP contribution in [0.1, 0.15) is 13.3 Å². The first-order valence-electron chi connectivity index (χ1n) is 4.75. The lowest BCUT2D eigenvalue weighted by Gasteiger charge is -2.10. The molecule has 3 heteroatoms. The van der Waals surface area contributed by atoms with Gasteiger partial charge in [-0.3, -0.25) is 0 Å². The van der Waals surface area contributed by atoms with E-state index >= 15 is 0 Å². The molecule has 0 aliphatic rings. The number of nitrogens with one attached hydrogen (secondary N) is 1. The minimum atomic E-state index is 0.827. The van der Waals surface area contributed by atoms with Crippen LogP contribution in [0.4, 0.5) is 5.69 Å². The van der Waals surface area contributed by atoms with Gasteiger partial charge in [0.2, 0.25) is 0 Å². The standard InChI is InChI=1S/C12H14BrNO/c1-3-4-5-8-14-11-9-10(13)6-7-12(11)15-2/h6-7,9,14H,5,8H2,1-2H3. The number of hydrogen-bond donors (Lipinski definition) is 1. The average molecular weight is 268 g/mol. The average Bonchev–Trinajstić information content (AvgIpc) is 2.25. The Hall–Kier alpha value is -1.14. The molecule has 0 aliphatic carbocycles. The highest BCUT2D eigenvalue weighted by Gasteiger charge is 2.01. The second-order valence-electron chi connectivity index (χ2n) is 2.95. The summed E-state index contributed by atoms with van der Waals surface area (Å²) < 4.78 is 6.27. The first-order valence-corrected chi connectivity index (χ1v) is 5.54. The lowest BCUT2D eigenvalue weighted by Crippen LogP contribution is -2.02. The molecule has 0 aliphatic heterocycles. The highest BCUT2D eigenvalue weighted by molar-refractivity contribution is 9.10. The Balaban J connectivity index is 2.64. The molecule has 0 saturated carbocycles. The molecule has 0 saturated heterocycles. The number of benzene rings is 1. The summed E-state index contributed by atoms with van der Waals surface area (Å²) in [6, 6.07) is 5.88. The lowest BCUT2D eigenvalue weighted by atomic mass is 10.3. The van der Waals surface area contributed by atoms with Crippen LogP contribution in [0.5, 0.6) is 5.75 Å². The van der Waals surface area contributed by atoms with Gasteiger partial charge in [-0.25, -0.2) is 0 Å². The fourth-order valence-electron chi connectivity index (χ4n) is 1.20. The summed E-state index contributed by atoms with van der Waals surface area (Å²) in [5, 5.41) is 3.28. The maximum Gasteiger partial charge on any atom is 0.142 e. The van der Waals surface area contributed by atoms with Crippen molar-refractivity contribution in [1.82, 2.24) is 0 Å². The number of hydrogen-bond acceptors (Lipinski definition) is 2. The van der Waals surface area contributed by atoms with E-state index in [0.717, 1.165) is 28.9 Å². The van der Waals surface area contributed by atoms with E-state index in [9.17, 15) is 0 Å². The third kappa shape index (κ3) is 3.85. The molecule has 0 atom stereocenters. The van der Waals surface area contributed by atoms with Crippen LogP contribution in [0.15, 0.2) is 22.7 Å². The van der Waals surface area contributed by atoms with Crippen molar-refractivity contribution in [3.63, 3.8) is 0 Å². The summed E-state index contributed by atoms with van der Waals surface area (Å²) >= 11 is 3.42. The molecule has 0 aromatic heterocycles. The number of anilines is 1. The van der Waals surface area contributed by atoms with Crippen molar-refractivity contribution in [3.05, 3.63) is 22.7 Å². The highest BCUT2D eigenvalue weighted by atomic mass is 79.9. The van der Waals surface area contributed by atoms with Crippen molar-refractivity contribution in [2.45, 2.75) is 13.3 Å². The minimum absolute atomic E-state index is 0.827. The molecule has 1 N–H and O–H groups in total.